The molecule has 146 valence electrons. The van der Waals surface area contributed by atoms with Crippen LogP contribution in [0.2, 0.25) is 5.02 Å². The number of halogens is 1. The van der Waals surface area contributed by atoms with Crippen molar-refractivity contribution in [1.82, 2.24) is 20.0 Å². The molecule has 27 heavy (non-hydrogen) atoms. The maximum atomic E-state index is 12.2. The van der Waals surface area contributed by atoms with Crippen LogP contribution < -0.4 is 10.1 Å². The Balaban J connectivity index is 1.41. The first-order valence-corrected chi connectivity index (χ1v) is 9.50. The van der Waals surface area contributed by atoms with Crippen molar-refractivity contribution in [2.45, 2.75) is 20.1 Å². The maximum Gasteiger partial charge on any atom is 0.271 e. The van der Waals surface area contributed by atoms with Crippen LogP contribution >= 0.6 is 11.6 Å². The molecule has 0 aliphatic carbocycles. The summed E-state index contributed by atoms with van der Waals surface area (Å²) in [4.78, 5) is 14.5. The van der Waals surface area contributed by atoms with E-state index in [4.69, 9.17) is 21.1 Å². The fraction of sp³-hybridized carbons (Fsp3) is 0.474. The van der Waals surface area contributed by atoms with Gasteiger partial charge in [-0.1, -0.05) is 17.7 Å². The summed E-state index contributed by atoms with van der Waals surface area (Å²) >= 11 is 6.12. The number of nitrogens with one attached hydrogen (secondary N) is 1. The zero-order chi connectivity index (χ0) is 19.1. The number of carbonyl (C=O) groups excluding carboxylic acids is 1. The molecule has 1 amide bonds. The summed E-state index contributed by atoms with van der Waals surface area (Å²) in [5.74, 6) is 0.422. The number of rotatable bonds is 8. The number of aromatic nitrogens is 2. The second kappa shape index (κ2) is 9.73. The third-order valence-corrected chi connectivity index (χ3v) is 4.66. The molecule has 8 heteroatoms. The Morgan fingerprint density at radius 3 is 2.96 bits per heavy atom. The number of hydrogen-bond donors (Lipinski definition) is 1. The highest BCUT2D eigenvalue weighted by molar-refractivity contribution is 6.32. The zero-order valence-corrected chi connectivity index (χ0v) is 16.2. The number of aryl methyl sites for hydroxylation is 1. The molecular weight excluding hydrogens is 368 g/mol. The molecule has 0 spiro atoms. The Kier molecular flexibility index (Phi) is 7.09. The van der Waals surface area contributed by atoms with Crippen LogP contribution in [0, 0.1) is 6.92 Å². The standard InChI is InChI=1S/C19H25ClN4O3/c1-15-3-4-16(20)18(13-15)27-14-24-8-5-17(22-24)19(25)21-6-2-7-23-9-11-26-12-10-23/h3-5,8,13H,2,6-7,9-12,14H2,1H3,(H,21,25). The van der Waals surface area contributed by atoms with Crippen molar-refractivity contribution in [3.05, 3.63) is 46.7 Å². The Hall–Kier alpha value is -2.09. The van der Waals surface area contributed by atoms with Crippen molar-refractivity contribution < 1.29 is 14.3 Å². The molecule has 3 rings (SSSR count). The van der Waals surface area contributed by atoms with E-state index in [0.29, 0.717) is 23.0 Å². The average molecular weight is 393 g/mol. The van der Waals surface area contributed by atoms with Crippen LogP contribution in [0.1, 0.15) is 22.5 Å². The van der Waals surface area contributed by atoms with Crippen LogP contribution in [0.4, 0.5) is 0 Å². The fourth-order valence-electron chi connectivity index (χ4n) is 2.83. The number of amides is 1. The van der Waals surface area contributed by atoms with E-state index in [1.165, 1.54) is 0 Å². The lowest BCUT2D eigenvalue weighted by molar-refractivity contribution is 0.0374. The lowest BCUT2D eigenvalue weighted by Crippen LogP contribution is -2.38. The lowest BCUT2D eigenvalue weighted by Gasteiger charge is -2.26. The summed E-state index contributed by atoms with van der Waals surface area (Å²) in [6, 6.07) is 7.27. The number of nitrogens with zero attached hydrogens (tertiary/aromatic N) is 3. The summed E-state index contributed by atoms with van der Waals surface area (Å²) in [7, 11) is 0. The van der Waals surface area contributed by atoms with Crippen molar-refractivity contribution in [3.8, 4) is 5.75 Å². The Morgan fingerprint density at radius 1 is 1.33 bits per heavy atom. The van der Waals surface area contributed by atoms with Crippen LogP contribution in [0.25, 0.3) is 0 Å². The molecule has 1 aliphatic heterocycles. The molecule has 0 unspecified atom stereocenters. The summed E-state index contributed by atoms with van der Waals surface area (Å²) in [6.07, 6.45) is 2.62. The first-order chi connectivity index (χ1) is 13.1. The van der Waals surface area contributed by atoms with Gasteiger partial charge in [-0.05, 0) is 43.7 Å². The Morgan fingerprint density at radius 2 is 2.15 bits per heavy atom. The zero-order valence-electron chi connectivity index (χ0n) is 15.5. The molecule has 0 bridgehead atoms. The van der Waals surface area contributed by atoms with Gasteiger partial charge in [0, 0.05) is 25.8 Å². The monoisotopic (exact) mass is 392 g/mol. The van der Waals surface area contributed by atoms with Crippen LogP contribution in [-0.4, -0.2) is 60.0 Å². The van der Waals surface area contributed by atoms with E-state index in [2.05, 4.69) is 15.3 Å². The van der Waals surface area contributed by atoms with Gasteiger partial charge in [0.15, 0.2) is 6.73 Å². The number of carbonyl (C=O) groups is 1. The van der Waals surface area contributed by atoms with Gasteiger partial charge in [0.2, 0.25) is 0 Å². The smallest absolute Gasteiger partial charge is 0.271 e. The Labute approximate surface area is 164 Å². The van der Waals surface area contributed by atoms with E-state index >= 15 is 0 Å². The lowest BCUT2D eigenvalue weighted by atomic mass is 10.2. The molecular formula is C19H25ClN4O3. The van der Waals surface area contributed by atoms with Gasteiger partial charge < -0.3 is 14.8 Å². The number of morpholine rings is 1. The molecule has 7 nitrogen and oxygen atoms in total. The highest BCUT2D eigenvalue weighted by Crippen LogP contribution is 2.25. The van der Waals surface area contributed by atoms with Gasteiger partial charge in [-0.3, -0.25) is 9.69 Å². The van der Waals surface area contributed by atoms with E-state index in [1.807, 2.05) is 19.1 Å². The normalized spacial score (nSPS) is 14.9. The van der Waals surface area contributed by atoms with Crippen LogP contribution in [0.5, 0.6) is 5.75 Å². The minimum Gasteiger partial charge on any atom is -0.470 e. The highest BCUT2D eigenvalue weighted by Gasteiger charge is 2.12. The largest absolute Gasteiger partial charge is 0.470 e. The minimum absolute atomic E-state index is 0.177. The quantitative estimate of drug-likeness (QED) is 0.698. The molecule has 2 heterocycles. The molecule has 1 saturated heterocycles. The first kappa shape index (κ1) is 19.7. The van der Waals surface area contributed by atoms with Gasteiger partial charge in [0.1, 0.15) is 11.4 Å². The minimum atomic E-state index is -0.177. The highest BCUT2D eigenvalue weighted by atomic mass is 35.5. The fourth-order valence-corrected chi connectivity index (χ4v) is 3.00. The van der Waals surface area contributed by atoms with Crippen LogP contribution in [-0.2, 0) is 11.5 Å². The molecule has 2 aromatic rings. The van der Waals surface area contributed by atoms with E-state index < -0.39 is 0 Å². The SMILES string of the molecule is Cc1ccc(Cl)c(OCn2ccc(C(=O)NCCCN3CCOCC3)n2)c1. The van der Waals surface area contributed by atoms with E-state index in [9.17, 15) is 4.79 Å². The molecule has 0 atom stereocenters. The average Bonchev–Trinajstić information content (AvgIpc) is 3.16. The van der Waals surface area contributed by atoms with E-state index in [-0.39, 0.29) is 12.6 Å². The molecule has 1 aromatic carbocycles. The first-order valence-electron chi connectivity index (χ1n) is 9.12. The molecule has 0 saturated carbocycles. The predicted octanol–water partition coefficient (Wildman–Crippen LogP) is 2.33. The summed E-state index contributed by atoms with van der Waals surface area (Å²) in [5, 5.41) is 7.71. The van der Waals surface area contributed by atoms with Gasteiger partial charge in [-0.25, -0.2) is 4.68 Å². The summed E-state index contributed by atoms with van der Waals surface area (Å²) in [5.41, 5.74) is 1.44. The summed E-state index contributed by atoms with van der Waals surface area (Å²) in [6.45, 7) is 7.25. The van der Waals surface area contributed by atoms with Crippen molar-refractivity contribution in [1.29, 1.82) is 0 Å². The Bertz CT molecular complexity index is 759. The number of benzene rings is 1. The third-order valence-electron chi connectivity index (χ3n) is 4.35. The summed E-state index contributed by atoms with van der Waals surface area (Å²) < 4.78 is 12.6. The van der Waals surface area contributed by atoms with Gasteiger partial charge in [-0.15, -0.1) is 0 Å². The van der Waals surface area contributed by atoms with E-state index in [0.717, 1.165) is 44.8 Å². The second-order valence-corrected chi connectivity index (χ2v) is 6.92. The molecule has 1 aromatic heterocycles. The number of hydrogen-bond acceptors (Lipinski definition) is 5. The molecule has 1 aliphatic rings. The predicted molar refractivity (Wildman–Crippen MR) is 103 cm³/mol. The molecule has 0 radical (unpaired) electrons. The van der Waals surface area contributed by atoms with E-state index in [1.54, 1.807) is 23.0 Å². The van der Waals surface area contributed by atoms with Crippen molar-refractivity contribution in [2.75, 3.05) is 39.4 Å². The van der Waals surface area contributed by atoms with Gasteiger partial charge in [-0.2, -0.15) is 5.10 Å². The van der Waals surface area contributed by atoms with Crippen molar-refractivity contribution >= 4 is 17.5 Å². The third kappa shape index (κ3) is 5.95. The van der Waals surface area contributed by atoms with Gasteiger partial charge in [0.25, 0.3) is 5.91 Å². The van der Waals surface area contributed by atoms with Crippen LogP contribution in [0.15, 0.2) is 30.5 Å². The molecule has 1 fully saturated rings. The maximum absolute atomic E-state index is 12.2. The second-order valence-electron chi connectivity index (χ2n) is 6.51. The molecule has 1 N–H and O–H groups in total. The van der Waals surface area contributed by atoms with Crippen LogP contribution in [0.3, 0.4) is 0 Å². The van der Waals surface area contributed by atoms with Gasteiger partial charge >= 0.3 is 0 Å². The number of ether oxygens (including phenoxy) is 2. The van der Waals surface area contributed by atoms with Gasteiger partial charge in [0.05, 0.1) is 18.2 Å². The topological polar surface area (TPSA) is 68.6 Å². The van der Waals surface area contributed by atoms with Crippen molar-refractivity contribution in [2.24, 2.45) is 0 Å². The van der Waals surface area contributed by atoms with Crippen molar-refractivity contribution in [3.63, 3.8) is 0 Å².